The van der Waals surface area contributed by atoms with E-state index in [1.54, 1.807) is 12.0 Å². The minimum Gasteiger partial charge on any atom is -0.497 e. The summed E-state index contributed by atoms with van der Waals surface area (Å²) in [7, 11) is 1.63. The monoisotopic (exact) mass is 410 g/mol. The van der Waals surface area contributed by atoms with E-state index >= 15 is 0 Å². The molecule has 0 unspecified atom stereocenters. The summed E-state index contributed by atoms with van der Waals surface area (Å²) in [5.41, 5.74) is 2.09. The molecule has 2 rings (SSSR count). The number of hydrogen-bond acceptors (Lipinski definition) is 3. The molecule has 0 radical (unpaired) electrons. The number of aryl methyl sites for hydroxylation is 1. The Bertz CT molecular complexity index is 790. The Labute approximate surface area is 180 Å². The summed E-state index contributed by atoms with van der Waals surface area (Å²) in [6, 6.07) is 17.2. The van der Waals surface area contributed by atoms with E-state index < -0.39 is 6.04 Å². The summed E-state index contributed by atoms with van der Waals surface area (Å²) in [5.74, 6) is 0.663. The van der Waals surface area contributed by atoms with Gasteiger partial charge in [-0.3, -0.25) is 9.59 Å². The molecule has 0 spiro atoms. The SMILES string of the molecule is CC[C@@H](C)NC(=O)[C@H](CC)N(Cc1ccc(OC)cc1)C(=O)CCc1ccccc1. The maximum Gasteiger partial charge on any atom is 0.243 e. The van der Waals surface area contributed by atoms with E-state index in [-0.39, 0.29) is 17.9 Å². The molecule has 2 aromatic carbocycles. The molecule has 2 aromatic rings. The van der Waals surface area contributed by atoms with Crippen molar-refractivity contribution >= 4 is 11.8 Å². The Kier molecular flexibility index (Phi) is 9.39. The van der Waals surface area contributed by atoms with E-state index in [9.17, 15) is 9.59 Å². The van der Waals surface area contributed by atoms with Gasteiger partial charge in [-0.15, -0.1) is 0 Å². The highest BCUT2D eigenvalue weighted by molar-refractivity contribution is 5.87. The summed E-state index contributed by atoms with van der Waals surface area (Å²) < 4.78 is 5.23. The zero-order valence-corrected chi connectivity index (χ0v) is 18.6. The minimum absolute atomic E-state index is 0.0131. The van der Waals surface area contributed by atoms with Crippen LogP contribution in [0.5, 0.6) is 5.75 Å². The summed E-state index contributed by atoms with van der Waals surface area (Å²) in [5, 5.41) is 3.04. The molecule has 0 saturated carbocycles. The van der Waals surface area contributed by atoms with E-state index in [1.165, 1.54) is 0 Å². The number of methoxy groups -OCH3 is 1. The number of amides is 2. The van der Waals surface area contributed by atoms with Crippen LogP contribution in [0.1, 0.15) is 51.2 Å². The number of carbonyl (C=O) groups excluding carboxylic acids is 2. The minimum atomic E-state index is -0.496. The molecular weight excluding hydrogens is 376 g/mol. The van der Waals surface area contributed by atoms with Crippen LogP contribution < -0.4 is 10.1 Å². The van der Waals surface area contributed by atoms with Crippen molar-refractivity contribution in [3.05, 3.63) is 65.7 Å². The van der Waals surface area contributed by atoms with Crippen molar-refractivity contribution in [2.45, 2.75) is 65.1 Å². The van der Waals surface area contributed by atoms with E-state index in [2.05, 4.69) is 5.32 Å². The van der Waals surface area contributed by atoms with Gasteiger partial charge in [-0.05, 0) is 49.4 Å². The second-order valence-electron chi connectivity index (χ2n) is 7.60. The molecule has 0 bridgehead atoms. The van der Waals surface area contributed by atoms with Crippen LogP contribution in [0.2, 0.25) is 0 Å². The van der Waals surface area contributed by atoms with Gasteiger partial charge in [-0.1, -0.05) is 56.3 Å². The van der Waals surface area contributed by atoms with Crippen LogP contribution in [0.3, 0.4) is 0 Å². The molecule has 0 fully saturated rings. The van der Waals surface area contributed by atoms with Crippen LogP contribution in [-0.4, -0.2) is 35.9 Å². The third kappa shape index (κ3) is 6.90. The molecule has 2 atom stereocenters. The van der Waals surface area contributed by atoms with Crippen molar-refractivity contribution in [3.63, 3.8) is 0 Å². The highest BCUT2D eigenvalue weighted by Gasteiger charge is 2.29. The lowest BCUT2D eigenvalue weighted by molar-refractivity contribution is -0.141. The topological polar surface area (TPSA) is 58.6 Å². The first kappa shape index (κ1) is 23.5. The van der Waals surface area contributed by atoms with Crippen molar-refractivity contribution in [2.75, 3.05) is 7.11 Å². The fourth-order valence-corrected chi connectivity index (χ4v) is 3.33. The van der Waals surface area contributed by atoms with E-state index in [1.807, 2.05) is 75.4 Å². The van der Waals surface area contributed by atoms with Crippen molar-refractivity contribution in [1.82, 2.24) is 10.2 Å². The van der Waals surface area contributed by atoms with Gasteiger partial charge in [0.15, 0.2) is 0 Å². The average molecular weight is 411 g/mol. The second kappa shape index (κ2) is 12.0. The molecular formula is C25H34N2O3. The predicted octanol–water partition coefficient (Wildman–Crippen LogP) is 4.35. The number of hydrogen-bond donors (Lipinski definition) is 1. The van der Waals surface area contributed by atoms with Crippen molar-refractivity contribution < 1.29 is 14.3 Å². The molecule has 162 valence electrons. The molecule has 0 saturated heterocycles. The molecule has 5 nitrogen and oxygen atoms in total. The van der Waals surface area contributed by atoms with Gasteiger partial charge in [-0.2, -0.15) is 0 Å². The number of rotatable bonds is 11. The number of nitrogens with zero attached hydrogens (tertiary/aromatic N) is 1. The van der Waals surface area contributed by atoms with Crippen LogP contribution in [-0.2, 0) is 22.6 Å². The van der Waals surface area contributed by atoms with Crippen molar-refractivity contribution in [2.24, 2.45) is 0 Å². The third-order valence-corrected chi connectivity index (χ3v) is 5.37. The van der Waals surface area contributed by atoms with E-state index in [4.69, 9.17) is 4.74 Å². The van der Waals surface area contributed by atoms with Gasteiger partial charge in [0.05, 0.1) is 7.11 Å². The number of nitrogens with one attached hydrogen (secondary N) is 1. The molecule has 0 heterocycles. The van der Waals surface area contributed by atoms with Crippen LogP contribution in [0.4, 0.5) is 0 Å². The lowest BCUT2D eigenvalue weighted by Crippen LogP contribution is -2.50. The molecule has 2 amide bonds. The lowest BCUT2D eigenvalue weighted by Gasteiger charge is -2.31. The van der Waals surface area contributed by atoms with Gasteiger partial charge in [0, 0.05) is 19.0 Å². The standard InChI is InChI=1S/C25H34N2O3/c1-5-19(3)26-25(29)23(6-2)27(18-21-12-15-22(30-4)16-13-21)24(28)17-14-20-10-8-7-9-11-20/h7-13,15-16,19,23H,5-6,14,17-18H2,1-4H3,(H,26,29)/t19-,23+/m1/s1. The van der Waals surface area contributed by atoms with E-state index in [0.717, 1.165) is 23.3 Å². The van der Waals surface area contributed by atoms with Crippen LogP contribution >= 0.6 is 0 Å². The Morgan fingerprint density at radius 1 is 0.967 bits per heavy atom. The normalized spacial score (nSPS) is 12.7. The zero-order valence-electron chi connectivity index (χ0n) is 18.6. The largest absolute Gasteiger partial charge is 0.497 e. The van der Waals surface area contributed by atoms with Gasteiger partial charge in [0.25, 0.3) is 0 Å². The highest BCUT2D eigenvalue weighted by atomic mass is 16.5. The quantitative estimate of drug-likeness (QED) is 0.599. The first-order chi connectivity index (χ1) is 14.5. The summed E-state index contributed by atoms with van der Waals surface area (Å²) in [4.78, 5) is 27.9. The Balaban J connectivity index is 2.19. The fraction of sp³-hybridized carbons (Fsp3) is 0.440. The third-order valence-electron chi connectivity index (χ3n) is 5.37. The lowest BCUT2D eigenvalue weighted by atomic mass is 10.1. The number of carbonyl (C=O) groups is 2. The van der Waals surface area contributed by atoms with Gasteiger partial charge < -0.3 is 15.0 Å². The summed E-state index contributed by atoms with van der Waals surface area (Å²) in [6.45, 7) is 6.36. The second-order valence-corrected chi connectivity index (χ2v) is 7.60. The first-order valence-electron chi connectivity index (χ1n) is 10.7. The van der Waals surface area contributed by atoms with Gasteiger partial charge in [-0.25, -0.2) is 0 Å². The molecule has 1 N–H and O–H groups in total. The van der Waals surface area contributed by atoms with Crippen molar-refractivity contribution in [3.8, 4) is 5.75 Å². The summed E-state index contributed by atoms with van der Waals surface area (Å²) >= 11 is 0. The Morgan fingerprint density at radius 2 is 1.63 bits per heavy atom. The molecule has 0 aromatic heterocycles. The Hall–Kier alpha value is -2.82. The molecule has 0 aliphatic carbocycles. The van der Waals surface area contributed by atoms with Crippen molar-refractivity contribution in [1.29, 1.82) is 0 Å². The molecule has 0 aliphatic heterocycles. The van der Waals surface area contributed by atoms with E-state index in [0.29, 0.717) is 25.8 Å². The van der Waals surface area contributed by atoms with Crippen LogP contribution in [0, 0.1) is 0 Å². The Morgan fingerprint density at radius 3 is 2.20 bits per heavy atom. The molecule has 5 heteroatoms. The van der Waals surface area contributed by atoms with Gasteiger partial charge in [0.2, 0.25) is 11.8 Å². The molecule has 0 aliphatic rings. The van der Waals surface area contributed by atoms with Gasteiger partial charge in [0.1, 0.15) is 11.8 Å². The predicted molar refractivity (Wildman–Crippen MR) is 120 cm³/mol. The highest BCUT2D eigenvalue weighted by Crippen LogP contribution is 2.18. The average Bonchev–Trinajstić information content (AvgIpc) is 2.78. The van der Waals surface area contributed by atoms with Gasteiger partial charge >= 0.3 is 0 Å². The smallest absolute Gasteiger partial charge is 0.243 e. The first-order valence-corrected chi connectivity index (χ1v) is 10.7. The number of benzene rings is 2. The number of ether oxygens (including phenoxy) is 1. The maximum atomic E-state index is 13.2. The maximum absolute atomic E-state index is 13.2. The van der Waals surface area contributed by atoms with Crippen LogP contribution in [0.15, 0.2) is 54.6 Å². The molecule has 30 heavy (non-hydrogen) atoms. The van der Waals surface area contributed by atoms with Crippen LogP contribution in [0.25, 0.3) is 0 Å². The zero-order chi connectivity index (χ0) is 21.9. The fourth-order valence-electron chi connectivity index (χ4n) is 3.33. The summed E-state index contributed by atoms with van der Waals surface area (Å²) in [6.07, 6.45) is 2.44.